The fourth-order valence-electron chi connectivity index (χ4n) is 2.54. The van der Waals surface area contributed by atoms with Crippen LogP contribution < -0.4 is 10.1 Å². The van der Waals surface area contributed by atoms with Gasteiger partial charge in [0.25, 0.3) is 6.47 Å². The Kier molecular flexibility index (Phi) is 8.47. The quantitative estimate of drug-likeness (QED) is 0.752. The van der Waals surface area contributed by atoms with Crippen molar-refractivity contribution in [2.45, 2.75) is 26.3 Å². The largest absolute Gasteiger partial charge is 0.497 e. The zero-order chi connectivity index (χ0) is 20.6. The zero-order valence-corrected chi connectivity index (χ0v) is 16.7. The molecule has 0 bridgehead atoms. The fraction of sp³-hybridized carbons (Fsp3) is 0.421. The van der Waals surface area contributed by atoms with Gasteiger partial charge in [0.15, 0.2) is 0 Å². The van der Waals surface area contributed by atoms with E-state index in [1.165, 1.54) is 0 Å². The summed E-state index contributed by atoms with van der Waals surface area (Å²) in [6.07, 6.45) is 0.430. The minimum atomic E-state index is -0.250. The SMILES string of the molecule is COc1ccc(-c2c(C)nn(C)c2NC(=O)CC(C)N(C)C)cc1.O=CO. The third-order valence-electron chi connectivity index (χ3n) is 4.22. The van der Waals surface area contributed by atoms with Crippen LogP contribution in [-0.2, 0) is 16.6 Å². The summed E-state index contributed by atoms with van der Waals surface area (Å²) in [5, 5.41) is 14.4. The Bertz CT molecular complexity index is 754. The van der Waals surface area contributed by atoms with Crippen LogP contribution in [0.2, 0.25) is 0 Å². The normalized spacial score (nSPS) is 11.4. The number of amides is 1. The summed E-state index contributed by atoms with van der Waals surface area (Å²) in [5.41, 5.74) is 2.81. The molecule has 27 heavy (non-hydrogen) atoms. The van der Waals surface area contributed by atoms with Gasteiger partial charge in [-0.05, 0) is 45.6 Å². The molecule has 148 valence electrons. The molecule has 1 heterocycles. The number of nitrogens with one attached hydrogen (secondary N) is 1. The standard InChI is InChI=1S/C18H26N4O2.CH2O2/c1-12(21(3)4)11-16(23)19-18-17(13(2)20-22(18)5)14-7-9-15(24-6)10-8-14;2-1-3/h7-10,12H,11H2,1-6H3,(H,19,23);1H,(H,2,3). The summed E-state index contributed by atoms with van der Waals surface area (Å²) in [6, 6.07) is 7.92. The van der Waals surface area contributed by atoms with Gasteiger partial charge in [-0.2, -0.15) is 5.10 Å². The second-order valence-corrected chi connectivity index (χ2v) is 6.33. The van der Waals surface area contributed by atoms with Crippen molar-refractivity contribution in [2.75, 3.05) is 26.5 Å². The predicted octanol–water partition coefficient (Wildman–Crippen LogP) is 2.38. The molecular weight excluding hydrogens is 348 g/mol. The number of aryl methyl sites for hydroxylation is 2. The van der Waals surface area contributed by atoms with Crippen molar-refractivity contribution in [3.05, 3.63) is 30.0 Å². The minimum Gasteiger partial charge on any atom is -0.497 e. The Morgan fingerprint density at radius 2 is 1.93 bits per heavy atom. The Morgan fingerprint density at radius 1 is 1.37 bits per heavy atom. The third kappa shape index (κ3) is 6.10. The van der Waals surface area contributed by atoms with Gasteiger partial charge in [0.05, 0.1) is 12.8 Å². The smallest absolute Gasteiger partial charge is 0.290 e. The maximum absolute atomic E-state index is 12.4. The summed E-state index contributed by atoms with van der Waals surface area (Å²) in [4.78, 5) is 22.8. The van der Waals surface area contributed by atoms with Crippen molar-refractivity contribution in [3.8, 4) is 16.9 Å². The van der Waals surface area contributed by atoms with Crippen LogP contribution in [0.3, 0.4) is 0 Å². The zero-order valence-electron chi connectivity index (χ0n) is 16.7. The lowest BCUT2D eigenvalue weighted by molar-refractivity contribution is -0.123. The fourth-order valence-corrected chi connectivity index (χ4v) is 2.54. The van der Waals surface area contributed by atoms with Gasteiger partial charge in [-0.25, -0.2) is 0 Å². The molecule has 8 heteroatoms. The molecule has 0 aliphatic heterocycles. The molecule has 2 rings (SSSR count). The molecule has 1 unspecified atom stereocenters. The first-order valence-electron chi connectivity index (χ1n) is 8.47. The van der Waals surface area contributed by atoms with Crippen molar-refractivity contribution in [2.24, 2.45) is 7.05 Å². The van der Waals surface area contributed by atoms with Gasteiger partial charge in [-0.1, -0.05) is 12.1 Å². The molecule has 0 aliphatic carbocycles. The molecule has 0 fully saturated rings. The summed E-state index contributed by atoms with van der Waals surface area (Å²) >= 11 is 0. The Hall–Kier alpha value is -2.87. The molecular formula is C19H28N4O4. The van der Waals surface area contributed by atoms with E-state index in [2.05, 4.69) is 10.4 Å². The van der Waals surface area contributed by atoms with Crippen LogP contribution in [0.1, 0.15) is 19.0 Å². The molecule has 2 aromatic rings. The highest BCUT2D eigenvalue weighted by molar-refractivity contribution is 5.95. The lowest BCUT2D eigenvalue weighted by Crippen LogP contribution is -2.30. The minimum absolute atomic E-state index is 0.0195. The monoisotopic (exact) mass is 376 g/mol. The third-order valence-corrected chi connectivity index (χ3v) is 4.22. The molecule has 0 aliphatic rings. The molecule has 1 amide bonds. The summed E-state index contributed by atoms with van der Waals surface area (Å²) in [7, 11) is 7.41. The lowest BCUT2D eigenvalue weighted by Gasteiger charge is -2.19. The van der Waals surface area contributed by atoms with Crippen LogP contribution in [0.25, 0.3) is 11.1 Å². The Labute approximate surface area is 159 Å². The number of benzene rings is 1. The number of methoxy groups -OCH3 is 1. The molecule has 0 saturated carbocycles. The summed E-state index contributed by atoms with van der Waals surface area (Å²) in [6.45, 7) is 3.72. The number of hydrogen-bond acceptors (Lipinski definition) is 5. The average Bonchev–Trinajstić information content (AvgIpc) is 2.89. The highest BCUT2D eigenvalue weighted by atomic mass is 16.5. The van der Waals surface area contributed by atoms with E-state index in [9.17, 15) is 4.79 Å². The van der Waals surface area contributed by atoms with Crippen LogP contribution in [0.5, 0.6) is 5.75 Å². The van der Waals surface area contributed by atoms with E-state index >= 15 is 0 Å². The molecule has 1 aromatic heterocycles. The van der Waals surface area contributed by atoms with E-state index in [1.54, 1.807) is 11.8 Å². The van der Waals surface area contributed by atoms with Crippen molar-refractivity contribution in [3.63, 3.8) is 0 Å². The number of nitrogens with zero attached hydrogens (tertiary/aromatic N) is 3. The highest BCUT2D eigenvalue weighted by Crippen LogP contribution is 2.32. The lowest BCUT2D eigenvalue weighted by atomic mass is 10.1. The second-order valence-electron chi connectivity index (χ2n) is 6.33. The molecule has 8 nitrogen and oxygen atoms in total. The van der Waals surface area contributed by atoms with E-state index < -0.39 is 0 Å². The Balaban J connectivity index is 0.00000114. The number of anilines is 1. The molecule has 0 radical (unpaired) electrons. The highest BCUT2D eigenvalue weighted by Gasteiger charge is 2.19. The van der Waals surface area contributed by atoms with E-state index in [1.807, 2.05) is 64.2 Å². The van der Waals surface area contributed by atoms with E-state index in [4.69, 9.17) is 14.6 Å². The summed E-state index contributed by atoms with van der Waals surface area (Å²) < 4.78 is 6.92. The maximum Gasteiger partial charge on any atom is 0.290 e. The van der Waals surface area contributed by atoms with Gasteiger partial charge in [-0.15, -0.1) is 0 Å². The first-order chi connectivity index (χ1) is 12.7. The van der Waals surface area contributed by atoms with Gasteiger partial charge in [0.1, 0.15) is 11.6 Å². The van der Waals surface area contributed by atoms with Crippen molar-refractivity contribution in [1.29, 1.82) is 0 Å². The first-order valence-corrected chi connectivity index (χ1v) is 8.47. The van der Waals surface area contributed by atoms with Gasteiger partial charge in [0, 0.05) is 25.1 Å². The van der Waals surface area contributed by atoms with Crippen molar-refractivity contribution < 1.29 is 19.4 Å². The number of aromatic nitrogens is 2. The number of ether oxygens (including phenoxy) is 1. The number of carbonyl (C=O) groups is 2. The van der Waals surface area contributed by atoms with Crippen LogP contribution >= 0.6 is 0 Å². The molecule has 0 spiro atoms. The number of carboxylic acid groups (broad SMARTS) is 1. The van der Waals surface area contributed by atoms with E-state index in [0.717, 1.165) is 22.6 Å². The average molecular weight is 376 g/mol. The maximum atomic E-state index is 12.4. The molecule has 2 N–H and O–H groups in total. The van der Waals surface area contributed by atoms with Crippen molar-refractivity contribution in [1.82, 2.24) is 14.7 Å². The topological polar surface area (TPSA) is 96.7 Å². The van der Waals surface area contributed by atoms with Gasteiger partial charge >= 0.3 is 0 Å². The number of carbonyl (C=O) groups excluding carboxylic acids is 1. The molecule has 1 aromatic carbocycles. The van der Waals surface area contributed by atoms with Crippen molar-refractivity contribution >= 4 is 18.2 Å². The van der Waals surface area contributed by atoms with Crippen LogP contribution in [0.15, 0.2) is 24.3 Å². The van der Waals surface area contributed by atoms with Crippen LogP contribution in [-0.4, -0.2) is 59.4 Å². The van der Waals surface area contributed by atoms with E-state index in [-0.39, 0.29) is 18.4 Å². The molecule has 1 atom stereocenters. The Morgan fingerprint density at radius 3 is 2.41 bits per heavy atom. The summed E-state index contributed by atoms with van der Waals surface area (Å²) in [5.74, 6) is 1.49. The predicted molar refractivity (Wildman–Crippen MR) is 105 cm³/mol. The van der Waals surface area contributed by atoms with Gasteiger partial charge in [-0.3, -0.25) is 14.3 Å². The molecule has 0 saturated heterocycles. The second kappa shape index (κ2) is 10.3. The van der Waals surface area contributed by atoms with Gasteiger partial charge < -0.3 is 20.1 Å². The number of hydrogen-bond donors (Lipinski definition) is 2. The number of rotatable bonds is 6. The van der Waals surface area contributed by atoms with Crippen LogP contribution in [0.4, 0.5) is 5.82 Å². The first kappa shape index (κ1) is 22.2. The van der Waals surface area contributed by atoms with Gasteiger partial charge in [0.2, 0.25) is 5.91 Å². The van der Waals surface area contributed by atoms with Crippen LogP contribution in [0, 0.1) is 6.92 Å². The van der Waals surface area contributed by atoms with E-state index in [0.29, 0.717) is 12.2 Å².